The summed E-state index contributed by atoms with van der Waals surface area (Å²) in [5, 5.41) is 0.654. The summed E-state index contributed by atoms with van der Waals surface area (Å²) in [6, 6.07) is 10.1. The standard InChI is InChI=1S/C18H9F3O5/c19-16(20)17(21)24-12-5-2-11(3-6-12)18(23)25-13-7-1-10-4-8-15(22)26-14(10)9-13/h1-9H. The Hall–Kier alpha value is -3.55. The van der Waals surface area contributed by atoms with Crippen molar-refractivity contribution in [1.29, 1.82) is 0 Å². The Morgan fingerprint density at radius 2 is 1.50 bits per heavy atom. The van der Waals surface area contributed by atoms with Gasteiger partial charge in [-0.3, -0.25) is 0 Å². The van der Waals surface area contributed by atoms with Gasteiger partial charge in [0, 0.05) is 17.5 Å². The van der Waals surface area contributed by atoms with E-state index in [9.17, 15) is 22.8 Å². The van der Waals surface area contributed by atoms with Crippen LogP contribution in [0.2, 0.25) is 0 Å². The van der Waals surface area contributed by atoms with Gasteiger partial charge in [-0.15, -0.1) is 0 Å². The number of hydrogen-bond donors (Lipinski definition) is 0. The average Bonchev–Trinajstić information content (AvgIpc) is 2.61. The first kappa shape index (κ1) is 17.3. The second-order valence-corrected chi connectivity index (χ2v) is 5.00. The summed E-state index contributed by atoms with van der Waals surface area (Å²) >= 11 is 0. The van der Waals surface area contributed by atoms with Crippen molar-refractivity contribution in [3.63, 3.8) is 0 Å². The van der Waals surface area contributed by atoms with E-state index in [4.69, 9.17) is 9.15 Å². The maximum absolute atomic E-state index is 12.7. The van der Waals surface area contributed by atoms with Gasteiger partial charge in [0.05, 0.1) is 5.56 Å². The van der Waals surface area contributed by atoms with Crippen LogP contribution in [0.3, 0.4) is 0 Å². The molecule has 3 rings (SSSR count). The number of carbonyl (C=O) groups is 1. The first-order valence-corrected chi connectivity index (χ1v) is 7.17. The molecule has 26 heavy (non-hydrogen) atoms. The second-order valence-electron chi connectivity index (χ2n) is 5.00. The highest BCUT2D eigenvalue weighted by atomic mass is 19.3. The normalized spacial score (nSPS) is 10.4. The largest absolute Gasteiger partial charge is 0.428 e. The zero-order chi connectivity index (χ0) is 18.7. The lowest BCUT2D eigenvalue weighted by Crippen LogP contribution is -2.08. The summed E-state index contributed by atoms with van der Waals surface area (Å²) in [4.78, 5) is 23.3. The molecule has 0 unspecified atom stereocenters. The van der Waals surface area contributed by atoms with Gasteiger partial charge in [0.1, 0.15) is 17.1 Å². The lowest BCUT2D eigenvalue weighted by Gasteiger charge is -2.06. The van der Waals surface area contributed by atoms with Crippen molar-refractivity contribution in [2.45, 2.75) is 0 Å². The average molecular weight is 362 g/mol. The number of esters is 1. The molecule has 5 nitrogen and oxygen atoms in total. The highest BCUT2D eigenvalue weighted by Gasteiger charge is 2.12. The third-order valence-corrected chi connectivity index (χ3v) is 3.25. The van der Waals surface area contributed by atoms with Crippen molar-refractivity contribution in [1.82, 2.24) is 0 Å². The van der Waals surface area contributed by atoms with Crippen molar-refractivity contribution < 1.29 is 31.9 Å². The van der Waals surface area contributed by atoms with Gasteiger partial charge < -0.3 is 13.9 Å². The third kappa shape index (κ3) is 3.92. The molecule has 0 aliphatic carbocycles. The van der Waals surface area contributed by atoms with E-state index in [1.165, 1.54) is 30.3 Å². The van der Waals surface area contributed by atoms with E-state index < -0.39 is 23.7 Å². The Morgan fingerprint density at radius 3 is 2.19 bits per heavy atom. The number of fused-ring (bicyclic) bond motifs is 1. The Bertz CT molecular complexity index is 1050. The third-order valence-electron chi connectivity index (χ3n) is 3.25. The second kappa shape index (κ2) is 7.14. The Kier molecular flexibility index (Phi) is 4.74. The van der Waals surface area contributed by atoms with E-state index in [2.05, 4.69) is 4.74 Å². The van der Waals surface area contributed by atoms with Crippen molar-refractivity contribution >= 4 is 16.9 Å². The summed E-state index contributed by atoms with van der Waals surface area (Å²) in [6.45, 7) is 0. The topological polar surface area (TPSA) is 65.7 Å². The predicted molar refractivity (Wildman–Crippen MR) is 84.9 cm³/mol. The summed E-state index contributed by atoms with van der Waals surface area (Å²) in [7, 11) is 0. The molecule has 0 amide bonds. The number of hydrogen-bond acceptors (Lipinski definition) is 5. The summed E-state index contributed by atoms with van der Waals surface area (Å²) in [5.74, 6) is -0.813. The van der Waals surface area contributed by atoms with Crippen LogP contribution in [0.1, 0.15) is 10.4 Å². The monoisotopic (exact) mass is 362 g/mol. The van der Waals surface area contributed by atoms with Gasteiger partial charge in [-0.1, -0.05) is 0 Å². The highest BCUT2D eigenvalue weighted by Crippen LogP contribution is 2.22. The van der Waals surface area contributed by atoms with Crippen molar-refractivity contribution in [2.24, 2.45) is 0 Å². The van der Waals surface area contributed by atoms with Crippen molar-refractivity contribution in [3.8, 4) is 11.5 Å². The van der Waals surface area contributed by atoms with Gasteiger partial charge in [0.25, 0.3) is 0 Å². The summed E-state index contributed by atoms with van der Waals surface area (Å²) in [5.41, 5.74) is -0.207. The van der Waals surface area contributed by atoms with Crippen molar-refractivity contribution in [2.75, 3.05) is 0 Å². The van der Waals surface area contributed by atoms with Gasteiger partial charge in [0.15, 0.2) is 0 Å². The van der Waals surface area contributed by atoms with Crippen LogP contribution in [0, 0.1) is 0 Å². The van der Waals surface area contributed by atoms with Crippen LogP contribution in [0.5, 0.6) is 11.5 Å². The van der Waals surface area contributed by atoms with E-state index in [0.717, 1.165) is 12.1 Å². The van der Waals surface area contributed by atoms with Crippen molar-refractivity contribution in [3.05, 3.63) is 82.7 Å². The van der Waals surface area contributed by atoms with E-state index in [0.29, 0.717) is 5.39 Å². The van der Waals surface area contributed by atoms with Crippen LogP contribution in [-0.4, -0.2) is 5.97 Å². The molecule has 2 aromatic carbocycles. The number of carbonyl (C=O) groups excluding carboxylic acids is 1. The minimum Gasteiger partial charge on any atom is -0.428 e. The van der Waals surface area contributed by atoms with Gasteiger partial charge in [0.2, 0.25) is 0 Å². The lowest BCUT2D eigenvalue weighted by atomic mass is 10.2. The van der Waals surface area contributed by atoms with Crippen LogP contribution < -0.4 is 15.1 Å². The number of halogens is 3. The molecule has 8 heteroatoms. The Labute approximate surface area is 143 Å². The molecule has 0 saturated carbocycles. The highest BCUT2D eigenvalue weighted by molar-refractivity contribution is 5.91. The molecule has 3 aromatic rings. The van der Waals surface area contributed by atoms with Crippen LogP contribution in [-0.2, 0) is 0 Å². The zero-order valence-corrected chi connectivity index (χ0v) is 12.9. The first-order chi connectivity index (χ1) is 12.4. The molecule has 0 atom stereocenters. The maximum Gasteiger partial charge on any atom is 0.344 e. The minimum absolute atomic E-state index is 0.0806. The quantitative estimate of drug-likeness (QED) is 0.297. The molecule has 132 valence electrons. The molecule has 1 heterocycles. The minimum atomic E-state index is -2.59. The molecule has 0 saturated heterocycles. The molecule has 0 spiro atoms. The Balaban J connectivity index is 1.75. The van der Waals surface area contributed by atoms with Crippen LogP contribution >= 0.6 is 0 Å². The fourth-order valence-corrected chi connectivity index (χ4v) is 2.07. The van der Waals surface area contributed by atoms with Gasteiger partial charge in [-0.2, -0.15) is 13.2 Å². The molecule has 0 aliphatic rings. The number of rotatable bonds is 4. The molecule has 0 N–H and O–H groups in total. The molecular weight excluding hydrogens is 353 g/mol. The summed E-state index contributed by atoms with van der Waals surface area (Å²) < 4.78 is 51.1. The Morgan fingerprint density at radius 1 is 0.846 bits per heavy atom. The fraction of sp³-hybridized carbons (Fsp3) is 0. The maximum atomic E-state index is 12.7. The summed E-state index contributed by atoms with van der Waals surface area (Å²) in [6.07, 6.45) is -2.59. The molecule has 0 bridgehead atoms. The fourth-order valence-electron chi connectivity index (χ4n) is 2.07. The van der Waals surface area contributed by atoms with Crippen LogP contribution in [0.15, 0.2) is 75.9 Å². The lowest BCUT2D eigenvalue weighted by molar-refractivity contribution is 0.0735. The van der Waals surface area contributed by atoms with E-state index in [1.807, 2.05) is 0 Å². The molecular formula is C18H9F3O5. The smallest absolute Gasteiger partial charge is 0.344 e. The molecule has 0 radical (unpaired) electrons. The van der Waals surface area contributed by atoms with E-state index in [-0.39, 0.29) is 22.6 Å². The van der Waals surface area contributed by atoms with E-state index in [1.54, 1.807) is 12.1 Å². The first-order valence-electron chi connectivity index (χ1n) is 7.17. The predicted octanol–water partition coefficient (Wildman–Crippen LogP) is 4.43. The number of ether oxygens (including phenoxy) is 2. The van der Waals surface area contributed by atoms with Crippen LogP contribution in [0.4, 0.5) is 13.2 Å². The SMILES string of the molecule is O=C(Oc1ccc2ccc(=O)oc2c1)c1ccc(OC(F)=C(F)F)cc1. The molecule has 1 aromatic heterocycles. The van der Waals surface area contributed by atoms with Gasteiger partial charge in [-0.05, 0) is 42.5 Å². The molecule has 0 fully saturated rings. The zero-order valence-electron chi connectivity index (χ0n) is 12.9. The van der Waals surface area contributed by atoms with Gasteiger partial charge in [-0.25, -0.2) is 9.59 Å². The van der Waals surface area contributed by atoms with E-state index >= 15 is 0 Å². The van der Waals surface area contributed by atoms with Crippen LogP contribution in [0.25, 0.3) is 11.0 Å². The number of benzene rings is 2. The molecule has 0 aliphatic heterocycles. The van der Waals surface area contributed by atoms with Gasteiger partial charge >= 0.3 is 23.7 Å².